The van der Waals surface area contributed by atoms with Gasteiger partial charge in [0.1, 0.15) is 0 Å². The fourth-order valence-electron chi connectivity index (χ4n) is 10.5. The van der Waals surface area contributed by atoms with Gasteiger partial charge in [0.15, 0.2) is 0 Å². The van der Waals surface area contributed by atoms with E-state index in [4.69, 9.17) is 4.74 Å². The number of unbranched alkanes of at least 4 members (excludes halogenated alkanes) is 46. The van der Waals surface area contributed by atoms with Crippen molar-refractivity contribution in [1.82, 2.24) is 5.32 Å². The molecule has 0 saturated carbocycles. The molecule has 2 atom stereocenters. The van der Waals surface area contributed by atoms with Crippen LogP contribution in [0.25, 0.3) is 0 Å². The molecule has 0 bridgehead atoms. The van der Waals surface area contributed by atoms with Crippen LogP contribution >= 0.6 is 0 Å². The van der Waals surface area contributed by atoms with Gasteiger partial charge in [0.25, 0.3) is 0 Å². The maximum Gasteiger partial charge on any atom is 0.305 e. The van der Waals surface area contributed by atoms with Crippen molar-refractivity contribution in [3.63, 3.8) is 0 Å². The molecule has 0 rings (SSSR count). The first-order valence-corrected chi connectivity index (χ1v) is 33.7. The third-order valence-corrected chi connectivity index (χ3v) is 15.7. The highest BCUT2D eigenvalue weighted by Gasteiger charge is 2.20. The van der Waals surface area contributed by atoms with Gasteiger partial charge in [-0.2, -0.15) is 0 Å². The van der Waals surface area contributed by atoms with Crippen LogP contribution in [0.5, 0.6) is 0 Å². The van der Waals surface area contributed by atoms with Crippen molar-refractivity contribution in [2.45, 2.75) is 379 Å². The lowest BCUT2D eigenvalue weighted by atomic mass is 10.0. The Labute approximate surface area is 468 Å². The molecule has 0 aliphatic rings. The van der Waals surface area contributed by atoms with Crippen LogP contribution in [-0.2, 0) is 14.3 Å². The lowest BCUT2D eigenvalue weighted by Crippen LogP contribution is -2.45. The Morgan fingerprint density at radius 2 is 0.667 bits per heavy atom. The van der Waals surface area contributed by atoms with E-state index in [0.717, 1.165) is 51.4 Å². The summed E-state index contributed by atoms with van der Waals surface area (Å²) in [6.07, 6.45) is 81.8. The first kappa shape index (κ1) is 73.1. The molecule has 442 valence electrons. The number of hydrogen-bond donors (Lipinski definition) is 3. The van der Waals surface area contributed by atoms with Crippen LogP contribution in [0.15, 0.2) is 36.5 Å². The van der Waals surface area contributed by atoms with Gasteiger partial charge in [-0.1, -0.05) is 307 Å². The van der Waals surface area contributed by atoms with E-state index >= 15 is 0 Å². The fourth-order valence-corrected chi connectivity index (χ4v) is 10.5. The molecule has 3 N–H and O–H groups in total. The highest BCUT2D eigenvalue weighted by molar-refractivity contribution is 5.76. The molecule has 0 radical (unpaired) electrons. The average molecular weight is 1050 g/mol. The van der Waals surface area contributed by atoms with Crippen LogP contribution in [0.2, 0.25) is 0 Å². The molecule has 0 aliphatic heterocycles. The summed E-state index contributed by atoms with van der Waals surface area (Å²) in [5.41, 5.74) is 0. The minimum Gasteiger partial charge on any atom is -0.466 e. The van der Waals surface area contributed by atoms with Crippen LogP contribution in [0, 0.1) is 0 Å². The van der Waals surface area contributed by atoms with Crippen molar-refractivity contribution in [3.8, 4) is 0 Å². The third-order valence-electron chi connectivity index (χ3n) is 15.7. The van der Waals surface area contributed by atoms with Crippen molar-refractivity contribution in [1.29, 1.82) is 0 Å². The zero-order valence-corrected chi connectivity index (χ0v) is 50.5. The molecule has 75 heavy (non-hydrogen) atoms. The van der Waals surface area contributed by atoms with Gasteiger partial charge in [0.05, 0.1) is 25.4 Å². The van der Waals surface area contributed by atoms with E-state index in [9.17, 15) is 19.8 Å². The van der Waals surface area contributed by atoms with Gasteiger partial charge >= 0.3 is 5.97 Å². The number of ether oxygens (including phenoxy) is 1. The number of aliphatic hydroxyl groups excluding tert-OH is 2. The number of amides is 1. The Hall–Kier alpha value is -1.92. The number of allylic oxidation sites excluding steroid dienone is 6. The maximum atomic E-state index is 12.5. The molecule has 2 unspecified atom stereocenters. The predicted octanol–water partition coefficient (Wildman–Crippen LogP) is 21.5. The maximum absolute atomic E-state index is 12.5. The Morgan fingerprint density at radius 1 is 0.373 bits per heavy atom. The highest BCUT2D eigenvalue weighted by Crippen LogP contribution is 2.18. The number of esters is 1. The Balaban J connectivity index is 3.36. The van der Waals surface area contributed by atoms with Crippen LogP contribution in [-0.4, -0.2) is 47.4 Å². The Kier molecular flexibility index (Phi) is 63.0. The molecule has 0 saturated heterocycles. The summed E-state index contributed by atoms with van der Waals surface area (Å²) in [4.78, 5) is 24.6. The molecule has 0 fully saturated rings. The summed E-state index contributed by atoms with van der Waals surface area (Å²) in [7, 11) is 0. The lowest BCUT2D eigenvalue weighted by molar-refractivity contribution is -0.143. The quantitative estimate of drug-likeness (QED) is 0.0320. The van der Waals surface area contributed by atoms with Gasteiger partial charge in [-0.25, -0.2) is 0 Å². The van der Waals surface area contributed by atoms with E-state index < -0.39 is 12.1 Å². The summed E-state index contributed by atoms with van der Waals surface area (Å²) in [6.45, 7) is 4.95. The molecule has 0 aromatic rings. The smallest absolute Gasteiger partial charge is 0.305 e. The molecule has 6 heteroatoms. The Bertz CT molecular complexity index is 1210. The van der Waals surface area contributed by atoms with Crippen LogP contribution < -0.4 is 5.32 Å². The standard InChI is InChI=1S/C69H131NO5/c1-3-5-7-9-11-13-15-17-18-19-33-36-39-43-47-51-55-59-63-69(74)75-64-60-56-52-48-44-40-37-34-31-29-27-25-23-21-20-22-24-26-28-30-32-35-38-42-46-50-54-58-62-68(73)70-66(65-71)67(72)61-57-53-49-45-41-16-14-12-10-8-6-4-2/h13,15,18-21,66-67,71-72H,3-12,14,16-17,22-65H2,1-2H3,(H,70,73)/b15-13-,19-18-,21-20-. The molecule has 0 aromatic heterocycles. The molecule has 0 aliphatic carbocycles. The minimum atomic E-state index is -0.663. The van der Waals surface area contributed by atoms with Gasteiger partial charge in [-0.15, -0.1) is 0 Å². The van der Waals surface area contributed by atoms with Gasteiger partial charge in [0, 0.05) is 12.8 Å². The van der Waals surface area contributed by atoms with Crippen LogP contribution in [0.3, 0.4) is 0 Å². The van der Waals surface area contributed by atoms with Crippen molar-refractivity contribution in [2.75, 3.05) is 13.2 Å². The number of nitrogens with one attached hydrogen (secondary N) is 1. The summed E-state index contributed by atoms with van der Waals surface area (Å²) in [5, 5.41) is 23.2. The predicted molar refractivity (Wildman–Crippen MR) is 329 cm³/mol. The second-order valence-electron chi connectivity index (χ2n) is 23.1. The first-order valence-electron chi connectivity index (χ1n) is 33.7. The van der Waals surface area contributed by atoms with Crippen LogP contribution in [0.1, 0.15) is 367 Å². The molecule has 0 spiro atoms. The van der Waals surface area contributed by atoms with E-state index in [1.807, 2.05) is 0 Å². The molecule has 0 heterocycles. The average Bonchev–Trinajstić information content (AvgIpc) is 3.41. The summed E-state index contributed by atoms with van der Waals surface area (Å²) in [5.74, 6) is -0.0255. The number of rotatable bonds is 63. The van der Waals surface area contributed by atoms with Crippen molar-refractivity contribution >= 4 is 11.9 Å². The second-order valence-corrected chi connectivity index (χ2v) is 23.1. The molecular formula is C69H131NO5. The van der Waals surface area contributed by atoms with Crippen molar-refractivity contribution in [3.05, 3.63) is 36.5 Å². The normalized spacial score (nSPS) is 12.7. The van der Waals surface area contributed by atoms with E-state index in [0.29, 0.717) is 25.9 Å². The van der Waals surface area contributed by atoms with Gasteiger partial charge in [0.2, 0.25) is 5.91 Å². The lowest BCUT2D eigenvalue weighted by Gasteiger charge is -2.22. The van der Waals surface area contributed by atoms with Gasteiger partial charge < -0.3 is 20.3 Å². The first-order chi connectivity index (χ1) is 37.0. The summed E-state index contributed by atoms with van der Waals surface area (Å²) in [6, 6.07) is -0.540. The highest BCUT2D eigenvalue weighted by atomic mass is 16.5. The molecular weight excluding hydrogens is 923 g/mol. The molecule has 6 nitrogen and oxygen atoms in total. The van der Waals surface area contributed by atoms with Crippen molar-refractivity contribution < 1.29 is 24.5 Å². The number of carbonyl (C=O) groups excluding carboxylic acids is 2. The van der Waals surface area contributed by atoms with Gasteiger partial charge in [-0.05, 0) is 83.5 Å². The zero-order valence-electron chi connectivity index (χ0n) is 50.5. The second kappa shape index (κ2) is 64.6. The summed E-state index contributed by atoms with van der Waals surface area (Å²) >= 11 is 0. The van der Waals surface area contributed by atoms with E-state index in [2.05, 4.69) is 55.6 Å². The Morgan fingerprint density at radius 3 is 1.04 bits per heavy atom. The van der Waals surface area contributed by atoms with Crippen LogP contribution in [0.4, 0.5) is 0 Å². The number of carbonyl (C=O) groups is 2. The number of hydrogen-bond acceptors (Lipinski definition) is 5. The van der Waals surface area contributed by atoms with E-state index in [-0.39, 0.29) is 18.5 Å². The fraction of sp³-hybridized carbons (Fsp3) is 0.884. The van der Waals surface area contributed by atoms with Gasteiger partial charge in [-0.3, -0.25) is 9.59 Å². The number of aliphatic hydroxyl groups is 2. The minimum absolute atomic E-state index is 0.00871. The van der Waals surface area contributed by atoms with E-state index in [1.54, 1.807) is 0 Å². The third kappa shape index (κ3) is 61.2. The van der Waals surface area contributed by atoms with E-state index in [1.165, 1.54) is 283 Å². The largest absolute Gasteiger partial charge is 0.466 e. The monoisotopic (exact) mass is 1050 g/mol. The topological polar surface area (TPSA) is 95.9 Å². The van der Waals surface area contributed by atoms with Crippen molar-refractivity contribution in [2.24, 2.45) is 0 Å². The molecule has 0 aromatic carbocycles. The SMILES string of the molecule is CCCCCC/C=C\C/C=C\CCCCCCCCCC(=O)OCCCCCCCCCCCCCC/C=C\CCCCCCCCCCCCCCC(=O)NC(CO)C(O)CCCCCCCCCCCCCC. The zero-order chi connectivity index (χ0) is 54.3. The molecule has 1 amide bonds. The summed E-state index contributed by atoms with van der Waals surface area (Å²) < 4.78 is 5.50.